The number of benzene rings is 2. The Morgan fingerprint density at radius 2 is 2.02 bits per heavy atom. The Balaban J connectivity index is 1.56. The number of carbonyl (C=O) groups is 2. The quantitative estimate of drug-likeness (QED) is 0.146. The number of amides is 2. The molecule has 1 aliphatic heterocycles. The highest BCUT2D eigenvalue weighted by Crippen LogP contribution is 2.48. The Bertz CT molecular complexity index is 1510. The number of likely N-dealkylation sites (tertiary alicyclic amines) is 1. The van der Waals surface area contributed by atoms with Crippen molar-refractivity contribution in [2.75, 3.05) is 13.1 Å². The summed E-state index contributed by atoms with van der Waals surface area (Å²) in [6.07, 6.45) is 7.47. The van der Waals surface area contributed by atoms with E-state index in [1.54, 1.807) is 11.0 Å². The van der Waals surface area contributed by atoms with E-state index in [1.165, 1.54) is 0 Å². The Labute approximate surface area is 253 Å². The van der Waals surface area contributed by atoms with Gasteiger partial charge in [-0.3, -0.25) is 9.59 Å². The summed E-state index contributed by atoms with van der Waals surface area (Å²) in [6, 6.07) is 15.7. The van der Waals surface area contributed by atoms with Crippen molar-refractivity contribution in [3.05, 3.63) is 94.6 Å². The van der Waals surface area contributed by atoms with Crippen LogP contribution < -0.4 is 22.2 Å². The molecule has 1 saturated carbocycles. The first-order valence-corrected chi connectivity index (χ1v) is 15.1. The summed E-state index contributed by atoms with van der Waals surface area (Å²) in [4.78, 5) is 28.0. The Kier molecular flexibility index (Phi) is 8.69. The van der Waals surface area contributed by atoms with Gasteiger partial charge in [-0.1, -0.05) is 54.6 Å². The lowest BCUT2D eigenvalue weighted by molar-refractivity contribution is -0.131. The van der Waals surface area contributed by atoms with Gasteiger partial charge in [0.05, 0.1) is 18.0 Å². The number of nitrogens with one attached hydrogen (secondary N) is 2. The number of rotatable bonds is 10. The monoisotopic (exact) mass is 579 g/mol. The minimum atomic E-state index is -0.974. The molecule has 1 saturated heterocycles. The van der Waals surface area contributed by atoms with Crippen molar-refractivity contribution < 1.29 is 9.59 Å². The number of nitriles is 1. The lowest BCUT2D eigenvalue weighted by atomic mass is 9.67. The highest BCUT2D eigenvalue weighted by molar-refractivity contribution is 5.98. The fourth-order valence-corrected chi connectivity index (χ4v) is 6.97. The van der Waals surface area contributed by atoms with Gasteiger partial charge in [0.2, 0.25) is 5.91 Å². The number of allylic oxidation sites excluding steroid dienone is 2. The van der Waals surface area contributed by atoms with Crippen molar-refractivity contribution in [1.29, 1.82) is 5.26 Å². The summed E-state index contributed by atoms with van der Waals surface area (Å²) < 4.78 is 0. The summed E-state index contributed by atoms with van der Waals surface area (Å²) in [5, 5.41) is 20.1. The second kappa shape index (κ2) is 12.4. The molecular weight excluding hydrogens is 538 g/mol. The van der Waals surface area contributed by atoms with Crippen molar-refractivity contribution >= 4 is 17.6 Å². The number of hydrogen-bond acceptors (Lipinski definition) is 6. The van der Waals surface area contributed by atoms with E-state index < -0.39 is 5.41 Å². The minimum absolute atomic E-state index is 0.0736. The highest BCUT2D eigenvalue weighted by Gasteiger charge is 2.54. The molecular formula is C34H41N7O2. The van der Waals surface area contributed by atoms with Gasteiger partial charge in [0.1, 0.15) is 11.9 Å². The van der Waals surface area contributed by atoms with E-state index in [2.05, 4.69) is 46.6 Å². The highest BCUT2D eigenvalue weighted by atomic mass is 16.2. The van der Waals surface area contributed by atoms with Crippen LogP contribution in [0.1, 0.15) is 71.3 Å². The molecule has 0 radical (unpaired) electrons. The van der Waals surface area contributed by atoms with Crippen LogP contribution >= 0.6 is 0 Å². The molecule has 9 nitrogen and oxygen atoms in total. The van der Waals surface area contributed by atoms with E-state index >= 15 is 0 Å². The van der Waals surface area contributed by atoms with Crippen LogP contribution in [0.3, 0.4) is 0 Å². The molecule has 5 atom stereocenters. The molecule has 2 aromatic rings. The molecule has 2 aromatic carbocycles. The summed E-state index contributed by atoms with van der Waals surface area (Å²) in [6.45, 7) is 8.66. The molecule has 1 heterocycles. The van der Waals surface area contributed by atoms with E-state index in [9.17, 15) is 14.9 Å². The van der Waals surface area contributed by atoms with Crippen LogP contribution in [-0.2, 0) is 16.6 Å². The number of hydrogen-bond donors (Lipinski definition) is 4. The minimum Gasteiger partial charge on any atom is -0.385 e. The van der Waals surface area contributed by atoms with Gasteiger partial charge in [-0.2, -0.15) is 10.4 Å². The van der Waals surface area contributed by atoms with Gasteiger partial charge < -0.3 is 27.1 Å². The number of piperidine rings is 1. The van der Waals surface area contributed by atoms with Gasteiger partial charge in [0.15, 0.2) is 0 Å². The number of aryl methyl sites for hydroxylation is 2. The number of nitrogens with zero attached hydrogens (tertiary/aromatic N) is 3. The average Bonchev–Trinajstić information content (AvgIpc) is 3.72. The second-order valence-electron chi connectivity index (χ2n) is 11.8. The second-order valence-corrected chi connectivity index (χ2v) is 11.8. The fourth-order valence-electron chi connectivity index (χ4n) is 6.97. The zero-order valence-electron chi connectivity index (χ0n) is 25.0. The molecule has 3 aliphatic rings. The lowest BCUT2D eigenvalue weighted by Crippen LogP contribution is -2.48. The van der Waals surface area contributed by atoms with Crippen LogP contribution in [0.25, 0.3) is 0 Å². The zero-order chi connectivity index (χ0) is 30.7. The first-order chi connectivity index (χ1) is 20.8. The third-order valence-corrected chi connectivity index (χ3v) is 9.26. The molecule has 6 N–H and O–H groups in total. The topological polar surface area (TPSA) is 150 Å². The van der Waals surface area contributed by atoms with Gasteiger partial charge in [-0.15, -0.1) is 0 Å². The molecule has 43 heavy (non-hydrogen) atoms. The normalized spacial score (nSPS) is 25.0. The summed E-state index contributed by atoms with van der Waals surface area (Å²) in [5.41, 5.74) is 11.2. The molecule has 2 amide bonds. The summed E-state index contributed by atoms with van der Waals surface area (Å²) >= 11 is 0. The van der Waals surface area contributed by atoms with E-state index in [4.69, 9.17) is 11.6 Å². The molecule has 0 spiro atoms. The van der Waals surface area contributed by atoms with Crippen LogP contribution in [0.5, 0.6) is 0 Å². The zero-order valence-corrected chi connectivity index (χ0v) is 25.0. The first-order valence-electron chi connectivity index (χ1n) is 15.1. The third kappa shape index (κ3) is 5.67. The molecule has 5 rings (SSSR count). The molecule has 2 aliphatic carbocycles. The molecule has 5 unspecified atom stereocenters. The number of fused-ring (bicyclic) bond motifs is 2. The number of nitrogens with two attached hydrogens (primary N) is 2. The van der Waals surface area contributed by atoms with E-state index in [0.29, 0.717) is 30.9 Å². The SMILES string of the molecule is C=CC1=CCCc2cc(C(=O)NCC)ccc2C1(CC(NCC(=O)N1C(C#N)CC2CC21)c1ccc(C)cc1)/C(N)=N/N. The summed E-state index contributed by atoms with van der Waals surface area (Å²) in [5.74, 6) is 6.41. The maximum atomic E-state index is 13.5. The van der Waals surface area contributed by atoms with Crippen molar-refractivity contribution in [2.45, 2.75) is 69.5 Å². The Morgan fingerprint density at radius 3 is 2.70 bits per heavy atom. The Morgan fingerprint density at radius 1 is 1.26 bits per heavy atom. The van der Waals surface area contributed by atoms with Crippen molar-refractivity contribution in [1.82, 2.24) is 15.5 Å². The molecule has 9 heteroatoms. The molecule has 2 fully saturated rings. The third-order valence-electron chi connectivity index (χ3n) is 9.26. The molecule has 0 bridgehead atoms. The van der Waals surface area contributed by atoms with E-state index in [0.717, 1.165) is 47.1 Å². The predicted molar refractivity (Wildman–Crippen MR) is 168 cm³/mol. The van der Waals surface area contributed by atoms with Gasteiger partial charge >= 0.3 is 0 Å². The maximum absolute atomic E-state index is 13.5. The van der Waals surface area contributed by atoms with E-state index in [1.807, 2.05) is 44.2 Å². The van der Waals surface area contributed by atoms with Gasteiger partial charge in [0.25, 0.3) is 5.91 Å². The van der Waals surface area contributed by atoms with Gasteiger partial charge in [-0.05, 0) is 86.3 Å². The molecule has 0 aromatic heterocycles. The van der Waals surface area contributed by atoms with Crippen LogP contribution in [0.4, 0.5) is 0 Å². The van der Waals surface area contributed by atoms with Gasteiger partial charge in [-0.25, -0.2) is 0 Å². The van der Waals surface area contributed by atoms with Crippen molar-refractivity contribution in [3.8, 4) is 6.07 Å². The maximum Gasteiger partial charge on any atom is 0.251 e. The first kappa shape index (κ1) is 30.1. The Hall–Kier alpha value is -4.42. The summed E-state index contributed by atoms with van der Waals surface area (Å²) in [7, 11) is 0. The van der Waals surface area contributed by atoms with Crippen LogP contribution in [-0.4, -0.2) is 47.7 Å². The average molecular weight is 580 g/mol. The molecule has 224 valence electrons. The fraction of sp³-hybridized carbons (Fsp3) is 0.412. The van der Waals surface area contributed by atoms with E-state index in [-0.39, 0.29) is 42.3 Å². The lowest BCUT2D eigenvalue weighted by Gasteiger charge is -2.39. The standard InChI is InChI=1S/C34H41N7O2/c1-4-26-8-6-7-23-15-24(32(43)38-5-2)13-14-28(23)34(26,33(36)40-37)18-29(22-11-9-21(3)10-12-22)39-20-31(42)41-27(19-35)16-25-17-30(25)41/h4,8-15,25,27,29-30,39H,1,5-7,16-18,20,37H2,2-3H3,(H2,36,40)(H,38,43). The smallest absolute Gasteiger partial charge is 0.251 e. The largest absolute Gasteiger partial charge is 0.385 e. The predicted octanol–water partition coefficient (Wildman–Crippen LogP) is 3.51. The van der Waals surface area contributed by atoms with Crippen LogP contribution in [0.2, 0.25) is 0 Å². The van der Waals surface area contributed by atoms with Crippen molar-refractivity contribution in [2.24, 2.45) is 22.6 Å². The van der Waals surface area contributed by atoms with Crippen LogP contribution in [0.15, 0.2) is 71.9 Å². The van der Waals surface area contributed by atoms with Gasteiger partial charge in [0, 0.05) is 24.2 Å². The van der Waals surface area contributed by atoms with Crippen LogP contribution in [0, 0.1) is 24.2 Å². The number of hydrazone groups is 1. The number of amidine groups is 1. The number of carbonyl (C=O) groups excluding carboxylic acids is 2. The van der Waals surface area contributed by atoms with Crippen molar-refractivity contribution in [3.63, 3.8) is 0 Å².